The van der Waals surface area contributed by atoms with E-state index in [2.05, 4.69) is 22.8 Å². The van der Waals surface area contributed by atoms with Gasteiger partial charge < -0.3 is 15.4 Å². The van der Waals surface area contributed by atoms with Crippen molar-refractivity contribution in [3.8, 4) is 5.75 Å². The molecule has 0 unspecified atom stereocenters. The number of nitrogens with one attached hydrogen (secondary N) is 2. The van der Waals surface area contributed by atoms with E-state index in [1.807, 2.05) is 51.1 Å². The van der Waals surface area contributed by atoms with Crippen molar-refractivity contribution in [1.29, 1.82) is 0 Å². The van der Waals surface area contributed by atoms with Gasteiger partial charge in [-0.3, -0.25) is 0 Å². The van der Waals surface area contributed by atoms with Gasteiger partial charge in [-0.15, -0.1) is 0 Å². The van der Waals surface area contributed by atoms with Crippen LogP contribution in [0.25, 0.3) is 0 Å². The second kappa shape index (κ2) is 8.22. The average Bonchev–Trinajstić information content (AvgIpc) is 2.53. The zero-order valence-electron chi connectivity index (χ0n) is 14.0. The Morgan fingerprint density at radius 1 is 1.00 bits per heavy atom. The maximum absolute atomic E-state index is 11.8. The third kappa shape index (κ3) is 5.66. The highest BCUT2D eigenvalue weighted by atomic mass is 16.5. The quantitative estimate of drug-likeness (QED) is 0.802. The van der Waals surface area contributed by atoms with Crippen LogP contribution in [-0.4, -0.2) is 19.2 Å². The zero-order valence-corrected chi connectivity index (χ0v) is 14.0. The number of hydrogen-bond donors (Lipinski definition) is 2. The molecule has 0 atom stereocenters. The van der Waals surface area contributed by atoms with Gasteiger partial charge in [-0.2, -0.15) is 0 Å². The molecule has 0 aliphatic rings. The Hall–Kier alpha value is -2.49. The first-order chi connectivity index (χ1) is 11.0. The van der Waals surface area contributed by atoms with E-state index in [1.165, 1.54) is 5.56 Å². The van der Waals surface area contributed by atoms with Crippen LogP contribution >= 0.6 is 0 Å². The largest absolute Gasteiger partial charge is 0.491 e. The average molecular weight is 312 g/mol. The van der Waals surface area contributed by atoms with Crippen LogP contribution in [0, 0.1) is 20.8 Å². The van der Waals surface area contributed by atoms with Crippen molar-refractivity contribution in [2.75, 3.05) is 13.2 Å². The molecular weight excluding hydrogens is 288 g/mol. The number of aryl methyl sites for hydroxylation is 3. The molecule has 23 heavy (non-hydrogen) atoms. The molecule has 122 valence electrons. The summed E-state index contributed by atoms with van der Waals surface area (Å²) in [6.45, 7) is 7.51. The van der Waals surface area contributed by atoms with E-state index in [1.54, 1.807) is 0 Å². The monoisotopic (exact) mass is 312 g/mol. The summed E-state index contributed by atoms with van der Waals surface area (Å²) in [6.07, 6.45) is 0. The molecule has 4 heteroatoms. The number of urea groups is 1. The van der Waals surface area contributed by atoms with Gasteiger partial charge in [0, 0.05) is 6.54 Å². The number of rotatable bonds is 6. The maximum Gasteiger partial charge on any atom is 0.315 e. The molecule has 0 bridgehead atoms. The van der Waals surface area contributed by atoms with E-state index in [0.717, 1.165) is 22.4 Å². The summed E-state index contributed by atoms with van der Waals surface area (Å²) in [6, 6.07) is 14.0. The van der Waals surface area contributed by atoms with Crippen LogP contribution < -0.4 is 15.4 Å². The summed E-state index contributed by atoms with van der Waals surface area (Å²) < 4.78 is 5.70. The van der Waals surface area contributed by atoms with Gasteiger partial charge in [-0.05, 0) is 43.5 Å². The molecule has 0 spiro atoms. The van der Waals surface area contributed by atoms with Crippen LogP contribution in [-0.2, 0) is 6.54 Å². The van der Waals surface area contributed by atoms with Crippen molar-refractivity contribution in [2.24, 2.45) is 0 Å². The molecule has 2 N–H and O–H groups in total. The zero-order chi connectivity index (χ0) is 16.7. The lowest BCUT2D eigenvalue weighted by Gasteiger charge is -2.11. The lowest BCUT2D eigenvalue weighted by atomic mass is 10.1. The molecule has 4 nitrogen and oxygen atoms in total. The van der Waals surface area contributed by atoms with Crippen molar-refractivity contribution in [3.63, 3.8) is 0 Å². The van der Waals surface area contributed by atoms with Gasteiger partial charge in [-0.1, -0.05) is 42.0 Å². The van der Waals surface area contributed by atoms with E-state index in [9.17, 15) is 4.79 Å². The Kier molecular flexibility index (Phi) is 6.03. The second-order valence-corrected chi connectivity index (χ2v) is 5.72. The highest BCUT2D eigenvalue weighted by Gasteiger charge is 2.02. The fourth-order valence-corrected chi connectivity index (χ4v) is 2.26. The molecule has 0 aliphatic carbocycles. The normalized spacial score (nSPS) is 10.2. The van der Waals surface area contributed by atoms with Gasteiger partial charge in [0.05, 0.1) is 6.54 Å². The summed E-state index contributed by atoms with van der Waals surface area (Å²) in [4.78, 5) is 11.8. The van der Waals surface area contributed by atoms with Gasteiger partial charge >= 0.3 is 6.03 Å². The molecule has 0 heterocycles. The van der Waals surface area contributed by atoms with Gasteiger partial charge in [0.2, 0.25) is 0 Å². The minimum absolute atomic E-state index is 0.184. The lowest BCUT2D eigenvalue weighted by molar-refractivity contribution is 0.236. The van der Waals surface area contributed by atoms with Crippen LogP contribution in [0.4, 0.5) is 4.79 Å². The number of hydrogen-bond acceptors (Lipinski definition) is 2. The fourth-order valence-electron chi connectivity index (χ4n) is 2.26. The summed E-state index contributed by atoms with van der Waals surface area (Å²) in [7, 11) is 0. The molecular formula is C19H24N2O2. The number of carbonyl (C=O) groups excluding carboxylic acids is 1. The van der Waals surface area contributed by atoms with Crippen molar-refractivity contribution in [3.05, 3.63) is 64.7 Å². The number of amides is 2. The standard InChI is InChI=1S/C19H24N2O2/c1-14-5-4-6-17(11-14)13-21-19(22)20-9-10-23-18-12-15(2)7-8-16(18)3/h4-8,11-12H,9-10,13H2,1-3H3,(H2,20,21,22). The summed E-state index contributed by atoms with van der Waals surface area (Å²) in [5, 5.41) is 5.64. The Labute approximate surface area is 137 Å². The van der Waals surface area contributed by atoms with Crippen molar-refractivity contribution >= 4 is 6.03 Å². The predicted octanol–water partition coefficient (Wildman–Crippen LogP) is 3.49. The van der Waals surface area contributed by atoms with Gasteiger partial charge in [0.1, 0.15) is 12.4 Å². The third-order valence-electron chi connectivity index (χ3n) is 3.52. The van der Waals surface area contributed by atoms with E-state index < -0.39 is 0 Å². The van der Waals surface area contributed by atoms with Crippen LogP contribution in [0.15, 0.2) is 42.5 Å². The van der Waals surface area contributed by atoms with Crippen LogP contribution in [0.1, 0.15) is 22.3 Å². The molecule has 2 aromatic carbocycles. The van der Waals surface area contributed by atoms with Crippen LogP contribution in [0.5, 0.6) is 5.75 Å². The van der Waals surface area contributed by atoms with Crippen molar-refractivity contribution in [2.45, 2.75) is 27.3 Å². The minimum atomic E-state index is -0.184. The van der Waals surface area contributed by atoms with E-state index in [4.69, 9.17) is 4.74 Å². The number of ether oxygens (including phenoxy) is 1. The lowest BCUT2D eigenvalue weighted by Crippen LogP contribution is -2.37. The number of benzene rings is 2. The van der Waals surface area contributed by atoms with E-state index in [0.29, 0.717) is 19.7 Å². The summed E-state index contributed by atoms with van der Waals surface area (Å²) in [5.41, 5.74) is 4.53. The smallest absolute Gasteiger partial charge is 0.315 e. The van der Waals surface area contributed by atoms with Gasteiger partial charge in [0.25, 0.3) is 0 Å². The van der Waals surface area contributed by atoms with Crippen molar-refractivity contribution < 1.29 is 9.53 Å². The second-order valence-electron chi connectivity index (χ2n) is 5.72. The molecule has 2 rings (SSSR count). The molecule has 0 radical (unpaired) electrons. The highest BCUT2D eigenvalue weighted by molar-refractivity contribution is 5.73. The fraction of sp³-hybridized carbons (Fsp3) is 0.316. The third-order valence-corrected chi connectivity index (χ3v) is 3.52. The SMILES string of the molecule is Cc1cccc(CNC(=O)NCCOc2cc(C)ccc2C)c1. The van der Waals surface area contributed by atoms with Crippen molar-refractivity contribution in [1.82, 2.24) is 10.6 Å². The molecule has 2 aromatic rings. The first-order valence-corrected chi connectivity index (χ1v) is 7.82. The topological polar surface area (TPSA) is 50.4 Å². The van der Waals surface area contributed by atoms with E-state index >= 15 is 0 Å². The molecule has 0 saturated heterocycles. The Morgan fingerprint density at radius 3 is 2.57 bits per heavy atom. The maximum atomic E-state index is 11.8. The minimum Gasteiger partial charge on any atom is -0.491 e. The molecule has 0 aromatic heterocycles. The van der Waals surface area contributed by atoms with Crippen LogP contribution in [0.3, 0.4) is 0 Å². The molecule has 0 aliphatic heterocycles. The summed E-state index contributed by atoms with van der Waals surface area (Å²) >= 11 is 0. The van der Waals surface area contributed by atoms with Crippen LogP contribution in [0.2, 0.25) is 0 Å². The van der Waals surface area contributed by atoms with E-state index in [-0.39, 0.29) is 6.03 Å². The highest BCUT2D eigenvalue weighted by Crippen LogP contribution is 2.18. The van der Waals surface area contributed by atoms with Gasteiger partial charge in [0.15, 0.2) is 0 Å². The Balaban J connectivity index is 1.68. The number of carbonyl (C=O) groups is 1. The van der Waals surface area contributed by atoms with Gasteiger partial charge in [-0.25, -0.2) is 4.79 Å². The predicted molar refractivity (Wildman–Crippen MR) is 92.8 cm³/mol. The summed E-state index contributed by atoms with van der Waals surface area (Å²) in [5.74, 6) is 0.868. The Bertz CT molecular complexity index is 668. The first-order valence-electron chi connectivity index (χ1n) is 7.82. The Morgan fingerprint density at radius 2 is 1.78 bits per heavy atom. The molecule has 0 saturated carbocycles. The molecule has 0 fully saturated rings. The first kappa shape index (κ1) is 16.9. The molecule has 2 amide bonds.